The van der Waals surface area contributed by atoms with Crippen LogP contribution >= 0.6 is 11.8 Å². The lowest BCUT2D eigenvalue weighted by Crippen LogP contribution is -2.18. The third-order valence-electron chi connectivity index (χ3n) is 4.77. The summed E-state index contributed by atoms with van der Waals surface area (Å²) in [6.45, 7) is 6.45. The van der Waals surface area contributed by atoms with Crippen LogP contribution in [0.5, 0.6) is 0 Å². The topological polar surface area (TPSA) is 88.9 Å². The molecule has 0 saturated carbocycles. The van der Waals surface area contributed by atoms with Crippen molar-refractivity contribution in [2.75, 3.05) is 16.4 Å². The predicted molar refractivity (Wildman–Crippen MR) is 120 cm³/mol. The van der Waals surface area contributed by atoms with Crippen LogP contribution < -0.4 is 10.6 Å². The van der Waals surface area contributed by atoms with Gasteiger partial charge in [-0.05, 0) is 62.2 Å². The van der Waals surface area contributed by atoms with E-state index < -0.39 is 0 Å². The second-order valence-corrected chi connectivity index (χ2v) is 7.90. The number of halogens is 1. The second kappa shape index (κ2) is 10.2. The number of carbonyl (C=O) groups is 2. The summed E-state index contributed by atoms with van der Waals surface area (Å²) in [5.74, 6) is -0.114. The van der Waals surface area contributed by atoms with Gasteiger partial charge in [0.15, 0.2) is 5.16 Å². The Labute approximate surface area is 184 Å². The van der Waals surface area contributed by atoms with Crippen molar-refractivity contribution in [3.8, 4) is 0 Å². The summed E-state index contributed by atoms with van der Waals surface area (Å²) < 4.78 is 14.8. The minimum absolute atomic E-state index is 0.0213. The van der Waals surface area contributed by atoms with E-state index in [0.29, 0.717) is 23.2 Å². The summed E-state index contributed by atoms with van der Waals surface area (Å²) in [6.07, 6.45) is 0.0213. The largest absolute Gasteiger partial charge is 0.326 e. The lowest BCUT2D eigenvalue weighted by Gasteiger charge is -2.10. The van der Waals surface area contributed by atoms with Gasteiger partial charge in [0, 0.05) is 17.9 Å². The molecule has 0 aliphatic rings. The number of aromatic nitrogens is 3. The summed E-state index contributed by atoms with van der Waals surface area (Å²) in [5.41, 5.74) is 3.44. The number of benzene rings is 2. The highest BCUT2D eigenvalue weighted by atomic mass is 32.2. The predicted octanol–water partition coefficient (Wildman–Crippen LogP) is 3.97. The van der Waals surface area contributed by atoms with Crippen LogP contribution in [0.2, 0.25) is 0 Å². The van der Waals surface area contributed by atoms with Crippen molar-refractivity contribution < 1.29 is 14.0 Å². The van der Waals surface area contributed by atoms with E-state index in [1.54, 1.807) is 4.57 Å². The van der Waals surface area contributed by atoms with E-state index >= 15 is 0 Å². The maximum absolute atomic E-state index is 13.0. The molecule has 9 heteroatoms. The fraction of sp³-hybridized carbons (Fsp3) is 0.273. The van der Waals surface area contributed by atoms with Crippen molar-refractivity contribution in [1.82, 2.24) is 14.8 Å². The number of nitrogens with one attached hydrogen (secondary N) is 2. The van der Waals surface area contributed by atoms with E-state index in [1.165, 1.54) is 36.0 Å². The molecule has 1 heterocycles. The van der Waals surface area contributed by atoms with Crippen molar-refractivity contribution >= 4 is 35.0 Å². The van der Waals surface area contributed by atoms with Gasteiger partial charge in [0.25, 0.3) is 0 Å². The normalized spacial score (nSPS) is 10.7. The van der Waals surface area contributed by atoms with Crippen LogP contribution in [0.1, 0.15) is 23.9 Å². The van der Waals surface area contributed by atoms with Crippen LogP contribution in [0.4, 0.5) is 15.8 Å². The summed E-state index contributed by atoms with van der Waals surface area (Å²) in [6, 6.07) is 11.3. The Morgan fingerprint density at radius 2 is 1.77 bits per heavy atom. The Morgan fingerprint density at radius 3 is 2.48 bits per heavy atom. The van der Waals surface area contributed by atoms with Gasteiger partial charge in [0.05, 0.1) is 12.2 Å². The number of rotatable bonds is 8. The average molecular weight is 442 g/mol. The number of thioether (sulfide) groups is 1. The second-order valence-electron chi connectivity index (χ2n) is 6.96. The molecule has 162 valence electrons. The first kappa shape index (κ1) is 22.5. The van der Waals surface area contributed by atoms with Gasteiger partial charge in [-0.2, -0.15) is 0 Å². The standard InChI is InChI=1S/C22H24FN5O2S/c1-4-28-19(12-20(29)24-17-10-8-16(23)9-11-17)26-27-22(28)31-13-21(30)25-18-7-5-6-14(2)15(18)3/h5-11H,4,12-13H2,1-3H3,(H,24,29)(H,25,30). The van der Waals surface area contributed by atoms with E-state index in [0.717, 1.165) is 16.8 Å². The van der Waals surface area contributed by atoms with Gasteiger partial charge in [0.2, 0.25) is 11.8 Å². The maximum Gasteiger partial charge on any atom is 0.234 e. The zero-order valence-electron chi connectivity index (χ0n) is 17.6. The molecule has 0 bridgehead atoms. The third kappa shape index (κ3) is 5.91. The molecular weight excluding hydrogens is 417 g/mol. The van der Waals surface area contributed by atoms with Gasteiger partial charge in [-0.3, -0.25) is 9.59 Å². The zero-order valence-corrected chi connectivity index (χ0v) is 18.4. The SMILES string of the molecule is CCn1c(CC(=O)Nc2ccc(F)cc2)nnc1SCC(=O)Nc1cccc(C)c1C. The Balaban J connectivity index is 1.59. The molecule has 2 aromatic carbocycles. The van der Waals surface area contributed by atoms with Crippen LogP contribution in [0.15, 0.2) is 47.6 Å². The molecule has 3 rings (SSSR count). The minimum Gasteiger partial charge on any atom is -0.326 e. The summed E-state index contributed by atoms with van der Waals surface area (Å²) in [5, 5.41) is 14.4. The highest BCUT2D eigenvalue weighted by molar-refractivity contribution is 7.99. The Hall–Kier alpha value is -3.20. The Morgan fingerprint density at radius 1 is 1.03 bits per heavy atom. The number of nitrogens with zero attached hydrogens (tertiary/aromatic N) is 3. The average Bonchev–Trinajstić information content (AvgIpc) is 3.13. The Kier molecular flexibility index (Phi) is 7.41. The molecule has 0 aliphatic heterocycles. The Bertz CT molecular complexity index is 1080. The summed E-state index contributed by atoms with van der Waals surface area (Å²) in [7, 11) is 0. The lowest BCUT2D eigenvalue weighted by atomic mass is 10.1. The van der Waals surface area contributed by atoms with E-state index in [4.69, 9.17) is 0 Å². The zero-order chi connectivity index (χ0) is 22.4. The third-order valence-corrected chi connectivity index (χ3v) is 5.73. The van der Waals surface area contributed by atoms with Crippen LogP contribution in [0.3, 0.4) is 0 Å². The van der Waals surface area contributed by atoms with Crippen LogP contribution in [-0.2, 0) is 22.6 Å². The van der Waals surface area contributed by atoms with Gasteiger partial charge in [0.1, 0.15) is 11.6 Å². The quantitative estimate of drug-likeness (QED) is 0.517. The highest BCUT2D eigenvalue weighted by Gasteiger charge is 2.16. The molecule has 0 aliphatic carbocycles. The van der Waals surface area contributed by atoms with Gasteiger partial charge >= 0.3 is 0 Å². The van der Waals surface area contributed by atoms with Gasteiger partial charge in [-0.1, -0.05) is 23.9 Å². The van der Waals surface area contributed by atoms with Crippen LogP contribution in [0.25, 0.3) is 0 Å². The molecule has 2 amide bonds. The number of aryl methyl sites for hydroxylation is 1. The molecule has 0 atom stereocenters. The molecule has 31 heavy (non-hydrogen) atoms. The number of anilines is 2. The molecule has 7 nitrogen and oxygen atoms in total. The first-order chi connectivity index (χ1) is 14.9. The fourth-order valence-electron chi connectivity index (χ4n) is 2.96. The molecule has 1 aromatic heterocycles. The summed E-state index contributed by atoms with van der Waals surface area (Å²) in [4.78, 5) is 24.7. The number of hydrogen-bond acceptors (Lipinski definition) is 5. The van der Waals surface area contributed by atoms with Gasteiger partial charge in [-0.25, -0.2) is 4.39 Å². The molecule has 0 radical (unpaired) electrons. The molecule has 0 unspecified atom stereocenters. The van der Waals surface area contributed by atoms with Gasteiger partial charge in [-0.15, -0.1) is 10.2 Å². The summed E-state index contributed by atoms with van der Waals surface area (Å²) >= 11 is 1.27. The van der Waals surface area contributed by atoms with Crippen molar-refractivity contribution in [1.29, 1.82) is 0 Å². The molecule has 2 N–H and O–H groups in total. The minimum atomic E-state index is -0.369. The van der Waals surface area contributed by atoms with Crippen LogP contribution in [-0.4, -0.2) is 32.3 Å². The van der Waals surface area contributed by atoms with Crippen molar-refractivity contribution in [2.45, 2.75) is 38.9 Å². The van der Waals surface area contributed by atoms with E-state index in [1.807, 2.05) is 39.0 Å². The van der Waals surface area contributed by atoms with E-state index in [-0.39, 0.29) is 29.8 Å². The number of hydrogen-bond donors (Lipinski definition) is 2. The van der Waals surface area contributed by atoms with Crippen LogP contribution in [0, 0.1) is 19.7 Å². The van der Waals surface area contributed by atoms with E-state index in [2.05, 4.69) is 20.8 Å². The molecule has 0 saturated heterocycles. The van der Waals surface area contributed by atoms with Gasteiger partial charge < -0.3 is 15.2 Å². The van der Waals surface area contributed by atoms with Crippen molar-refractivity contribution in [3.05, 3.63) is 65.2 Å². The number of carbonyl (C=O) groups excluding carboxylic acids is 2. The maximum atomic E-state index is 13.0. The fourth-order valence-corrected chi connectivity index (χ4v) is 3.78. The smallest absolute Gasteiger partial charge is 0.234 e. The lowest BCUT2D eigenvalue weighted by molar-refractivity contribution is -0.116. The molecule has 0 spiro atoms. The monoisotopic (exact) mass is 441 g/mol. The van der Waals surface area contributed by atoms with E-state index in [9.17, 15) is 14.0 Å². The highest BCUT2D eigenvalue weighted by Crippen LogP contribution is 2.21. The molecular formula is C22H24FN5O2S. The molecule has 3 aromatic rings. The van der Waals surface area contributed by atoms with Crippen molar-refractivity contribution in [3.63, 3.8) is 0 Å². The van der Waals surface area contributed by atoms with Crippen molar-refractivity contribution in [2.24, 2.45) is 0 Å². The number of amides is 2. The first-order valence-corrected chi connectivity index (χ1v) is 10.8. The molecule has 0 fully saturated rings. The first-order valence-electron chi connectivity index (χ1n) is 9.83.